The number of halogens is 2. The molecule has 5 heteroatoms. The Bertz CT molecular complexity index is 471. The van der Waals surface area contributed by atoms with Gasteiger partial charge in [-0.2, -0.15) is 0 Å². The normalized spacial score (nSPS) is 11.1. The van der Waals surface area contributed by atoms with Crippen molar-refractivity contribution in [2.45, 2.75) is 6.42 Å². The summed E-state index contributed by atoms with van der Waals surface area (Å²) in [7, 11) is 0. The monoisotopic (exact) mass is 291 g/mol. The van der Waals surface area contributed by atoms with Gasteiger partial charge in [0.1, 0.15) is 9.98 Å². The van der Waals surface area contributed by atoms with Gasteiger partial charge in [-0.25, -0.2) is 4.98 Å². The van der Waals surface area contributed by atoms with Crippen LogP contribution in [0.1, 0.15) is 5.56 Å². The Hall–Kier alpha value is -0.160. The summed E-state index contributed by atoms with van der Waals surface area (Å²) in [5.74, 6) is 0. The number of aliphatic hydroxyl groups is 1. The lowest BCUT2D eigenvalue weighted by molar-refractivity contribution is 0.299. The number of pyridine rings is 1. The van der Waals surface area contributed by atoms with E-state index in [2.05, 4.69) is 20.9 Å². The molecule has 0 aliphatic heterocycles. The standard InChI is InChI=1S/C9H7BrClNOS/c10-7-4-6-3-5(1-2-13)8(11)12-9(6)14-7/h3-4,13H,1-2H2. The zero-order valence-corrected chi connectivity index (χ0v) is 10.3. The van der Waals surface area contributed by atoms with Crippen LogP contribution in [-0.2, 0) is 6.42 Å². The molecule has 0 aliphatic rings. The first-order chi connectivity index (χ1) is 6.70. The molecule has 74 valence electrons. The van der Waals surface area contributed by atoms with E-state index in [1.165, 1.54) is 0 Å². The van der Waals surface area contributed by atoms with Crippen molar-refractivity contribution >= 4 is 49.1 Å². The van der Waals surface area contributed by atoms with Crippen LogP contribution in [0.2, 0.25) is 5.15 Å². The van der Waals surface area contributed by atoms with Gasteiger partial charge in [-0.1, -0.05) is 11.6 Å². The minimum atomic E-state index is 0.0954. The summed E-state index contributed by atoms with van der Waals surface area (Å²) in [5, 5.41) is 10.4. The lowest BCUT2D eigenvalue weighted by Crippen LogP contribution is -1.93. The third-order valence-corrected chi connectivity index (χ3v) is 3.76. The van der Waals surface area contributed by atoms with Gasteiger partial charge in [0.25, 0.3) is 0 Å². The fourth-order valence-electron chi connectivity index (χ4n) is 1.26. The second-order valence-electron chi connectivity index (χ2n) is 2.86. The molecule has 0 fully saturated rings. The van der Waals surface area contributed by atoms with Gasteiger partial charge >= 0.3 is 0 Å². The summed E-state index contributed by atoms with van der Waals surface area (Å²) in [6.45, 7) is 0.0954. The molecular formula is C9H7BrClNOS. The van der Waals surface area contributed by atoms with Gasteiger partial charge in [-0.15, -0.1) is 11.3 Å². The molecule has 2 rings (SSSR count). The first kappa shape index (κ1) is 10.4. The van der Waals surface area contributed by atoms with E-state index in [1.54, 1.807) is 11.3 Å². The van der Waals surface area contributed by atoms with E-state index in [-0.39, 0.29) is 6.61 Å². The van der Waals surface area contributed by atoms with E-state index in [0.717, 1.165) is 19.6 Å². The maximum atomic E-state index is 8.83. The SMILES string of the molecule is OCCc1cc2cc(Br)sc2nc1Cl. The minimum absolute atomic E-state index is 0.0954. The molecule has 2 heterocycles. The van der Waals surface area contributed by atoms with Crippen molar-refractivity contribution < 1.29 is 5.11 Å². The average Bonchev–Trinajstić information content (AvgIpc) is 2.45. The van der Waals surface area contributed by atoms with E-state index in [4.69, 9.17) is 16.7 Å². The van der Waals surface area contributed by atoms with Gasteiger partial charge in [0, 0.05) is 12.0 Å². The minimum Gasteiger partial charge on any atom is -0.396 e. The van der Waals surface area contributed by atoms with Gasteiger partial charge < -0.3 is 5.11 Å². The first-order valence-corrected chi connectivity index (χ1v) is 6.05. The molecule has 1 N–H and O–H groups in total. The first-order valence-electron chi connectivity index (χ1n) is 4.06. The Morgan fingerprint density at radius 1 is 1.50 bits per heavy atom. The number of rotatable bonds is 2. The van der Waals surface area contributed by atoms with Crippen molar-refractivity contribution in [3.63, 3.8) is 0 Å². The highest BCUT2D eigenvalue weighted by atomic mass is 79.9. The third kappa shape index (κ3) is 1.93. The molecule has 0 amide bonds. The average molecular weight is 293 g/mol. The van der Waals surface area contributed by atoms with E-state index in [9.17, 15) is 0 Å². The Kier molecular flexibility index (Phi) is 3.07. The van der Waals surface area contributed by atoms with Crippen LogP contribution < -0.4 is 0 Å². The molecule has 0 aliphatic carbocycles. The number of aliphatic hydroxyl groups excluding tert-OH is 1. The summed E-state index contributed by atoms with van der Waals surface area (Å²) < 4.78 is 1.04. The fraction of sp³-hybridized carbons (Fsp3) is 0.222. The van der Waals surface area contributed by atoms with Crippen LogP contribution in [0.15, 0.2) is 15.9 Å². The van der Waals surface area contributed by atoms with Crippen LogP contribution in [0.5, 0.6) is 0 Å². The van der Waals surface area contributed by atoms with E-state index in [0.29, 0.717) is 11.6 Å². The molecule has 0 unspecified atom stereocenters. The molecule has 0 saturated heterocycles. The van der Waals surface area contributed by atoms with Gasteiger partial charge in [0.05, 0.1) is 3.79 Å². The van der Waals surface area contributed by atoms with Gasteiger partial charge in [0.15, 0.2) is 0 Å². The molecule has 0 bridgehead atoms. The van der Waals surface area contributed by atoms with Crippen molar-refractivity contribution in [2.24, 2.45) is 0 Å². The van der Waals surface area contributed by atoms with Crippen molar-refractivity contribution in [3.05, 3.63) is 26.6 Å². The molecule has 2 aromatic heterocycles. The largest absolute Gasteiger partial charge is 0.396 e. The summed E-state index contributed by atoms with van der Waals surface area (Å²) in [5.41, 5.74) is 0.895. The molecule has 2 aromatic rings. The number of fused-ring (bicyclic) bond motifs is 1. The molecule has 14 heavy (non-hydrogen) atoms. The topological polar surface area (TPSA) is 33.1 Å². The molecule has 0 atom stereocenters. The highest BCUT2D eigenvalue weighted by molar-refractivity contribution is 9.11. The van der Waals surface area contributed by atoms with Crippen molar-refractivity contribution in [3.8, 4) is 0 Å². The predicted molar refractivity (Wildman–Crippen MR) is 63.1 cm³/mol. The van der Waals surface area contributed by atoms with Crippen molar-refractivity contribution in [1.82, 2.24) is 4.98 Å². The molecule has 0 radical (unpaired) electrons. The molecule has 0 saturated carbocycles. The smallest absolute Gasteiger partial charge is 0.134 e. The Balaban J connectivity index is 2.58. The molecular weight excluding hydrogens is 286 g/mol. The molecule has 0 aromatic carbocycles. The summed E-state index contributed by atoms with van der Waals surface area (Å²) in [6.07, 6.45) is 0.551. The lowest BCUT2D eigenvalue weighted by atomic mass is 10.2. The van der Waals surface area contributed by atoms with Crippen LogP contribution in [-0.4, -0.2) is 16.7 Å². The summed E-state index contributed by atoms with van der Waals surface area (Å²) in [4.78, 5) is 5.18. The van der Waals surface area contributed by atoms with Crippen LogP contribution in [0, 0.1) is 0 Å². The van der Waals surface area contributed by atoms with Crippen LogP contribution in [0.4, 0.5) is 0 Å². The second kappa shape index (κ2) is 4.14. The van der Waals surface area contributed by atoms with E-state index < -0.39 is 0 Å². The zero-order valence-electron chi connectivity index (χ0n) is 7.13. The van der Waals surface area contributed by atoms with Crippen LogP contribution in [0.3, 0.4) is 0 Å². The second-order valence-corrected chi connectivity index (χ2v) is 5.62. The maximum absolute atomic E-state index is 8.83. The van der Waals surface area contributed by atoms with Gasteiger partial charge in [0.2, 0.25) is 0 Å². The number of hydrogen-bond acceptors (Lipinski definition) is 3. The summed E-state index contributed by atoms with van der Waals surface area (Å²) in [6, 6.07) is 3.98. The highest BCUT2D eigenvalue weighted by Gasteiger charge is 2.06. The maximum Gasteiger partial charge on any atom is 0.134 e. The number of thiophene rings is 1. The van der Waals surface area contributed by atoms with E-state index >= 15 is 0 Å². The van der Waals surface area contributed by atoms with Crippen molar-refractivity contribution in [1.29, 1.82) is 0 Å². The number of aromatic nitrogens is 1. The molecule has 0 spiro atoms. The number of hydrogen-bond donors (Lipinski definition) is 1. The quantitative estimate of drug-likeness (QED) is 0.862. The Labute approximate surface area is 98.7 Å². The Morgan fingerprint density at radius 2 is 2.29 bits per heavy atom. The van der Waals surface area contributed by atoms with Crippen molar-refractivity contribution in [2.75, 3.05) is 6.61 Å². The van der Waals surface area contributed by atoms with E-state index in [1.807, 2.05) is 12.1 Å². The lowest BCUT2D eigenvalue weighted by Gasteiger charge is -2.00. The molecule has 2 nitrogen and oxygen atoms in total. The van der Waals surface area contributed by atoms with Gasteiger partial charge in [-0.05, 0) is 40.0 Å². The Morgan fingerprint density at radius 3 is 3.00 bits per heavy atom. The number of nitrogens with zero attached hydrogens (tertiary/aromatic N) is 1. The third-order valence-electron chi connectivity index (χ3n) is 1.89. The predicted octanol–water partition coefficient (Wildman–Crippen LogP) is 3.25. The van der Waals surface area contributed by atoms with Gasteiger partial charge in [-0.3, -0.25) is 0 Å². The fourth-order valence-corrected chi connectivity index (χ4v) is 2.99. The van der Waals surface area contributed by atoms with Crippen LogP contribution in [0.25, 0.3) is 10.2 Å². The van der Waals surface area contributed by atoms with Crippen LogP contribution >= 0.6 is 38.9 Å². The zero-order chi connectivity index (χ0) is 10.1. The summed E-state index contributed by atoms with van der Waals surface area (Å²) >= 11 is 10.9. The highest BCUT2D eigenvalue weighted by Crippen LogP contribution is 2.31.